The Morgan fingerprint density at radius 3 is 2.50 bits per heavy atom. The standard InChI is InChI=1S/C12H11ClN2O/c1-16-11-4-2-8(6-10(11)13)9-3-5-12(14)15-7-9/h2-7H,1H3,(H2,14,15). The van der Waals surface area contributed by atoms with E-state index >= 15 is 0 Å². The highest BCUT2D eigenvalue weighted by molar-refractivity contribution is 6.32. The summed E-state index contributed by atoms with van der Waals surface area (Å²) in [5.41, 5.74) is 7.48. The molecule has 0 saturated heterocycles. The highest BCUT2D eigenvalue weighted by Gasteiger charge is 2.03. The molecular weight excluding hydrogens is 224 g/mol. The first-order valence-electron chi connectivity index (χ1n) is 4.76. The van der Waals surface area contributed by atoms with Gasteiger partial charge in [-0.1, -0.05) is 17.7 Å². The van der Waals surface area contributed by atoms with Crippen molar-refractivity contribution in [2.75, 3.05) is 12.8 Å². The summed E-state index contributed by atoms with van der Waals surface area (Å²) >= 11 is 6.04. The van der Waals surface area contributed by atoms with Crippen molar-refractivity contribution in [3.05, 3.63) is 41.6 Å². The first-order chi connectivity index (χ1) is 7.70. The minimum absolute atomic E-state index is 0.503. The van der Waals surface area contributed by atoms with Crippen molar-refractivity contribution in [1.29, 1.82) is 0 Å². The lowest BCUT2D eigenvalue weighted by molar-refractivity contribution is 0.415. The van der Waals surface area contributed by atoms with Gasteiger partial charge in [0, 0.05) is 11.8 Å². The summed E-state index contributed by atoms with van der Waals surface area (Å²) in [5, 5.41) is 0.580. The zero-order chi connectivity index (χ0) is 11.5. The molecule has 1 aromatic heterocycles. The molecule has 0 radical (unpaired) electrons. The molecule has 0 amide bonds. The Bertz CT molecular complexity index is 497. The number of aromatic nitrogens is 1. The maximum absolute atomic E-state index is 6.04. The SMILES string of the molecule is COc1ccc(-c2ccc(N)nc2)cc1Cl. The Kier molecular flexibility index (Phi) is 2.97. The van der Waals surface area contributed by atoms with Gasteiger partial charge in [0.2, 0.25) is 0 Å². The molecule has 0 spiro atoms. The highest BCUT2D eigenvalue weighted by Crippen LogP contribution is 2.29. The van der Waals surface area contributed by atoms with Gasteiger partial charge < -0.3 is 10.5 Å². The van der Waals surface area contributed by atoms with Gasteiger partial charge in [-0.05, 0) is 29.8 Å². The third kappa shape index (κ3) is 2.09. The van der Waals surface area contributed by atoms with Gasteiger partial charge in [-0.25, -0.2) is 4.98 Å². The van der Waals surface area contributed by atoms with Crippen molar-refractivity contribution < 1.29 is 4.74 Å². The molecule has 0 saturated carbocycles. The summed E-state index contributed by atoms with van der Waals surface area (Å²) in [6, 6.07) is 9.26. The molecule has 1 heterocycles. The summed E-state index contributed by atoms with van der Waals surface area (Å²) in [6.07, 6.45) is 1.72. The van der Waals surface area contributed by atoms with Crippen LogP contribution in [0.1, 0.15) is 0 Å². The molecule has 4 heteroatoms. The van der Waals surface area contributed by atoms with Crippen LogP contribution in [0.25, 0.3) is 11.1 Å². The van der Waals surface area contributed by atoms with Crippen LogP contribution in [-0.4, -0.2) is 12.1 Å². The van der Waals surface area contributed by atoms with Crippen molar-refractivity contribution in [3.63, 3.8) is 0 Å². The van der Waals surface area contributed by atoms with Gasteiger partial charge in [0.1, 0.15) is 11.6 Å². The number of methoxy groups -OCH3 is 1. The van der Waals surface area contributed by atoms with Gasteiger partial charge in [-0.15, -0.1) is 0 Å². The Hall–Kier alpha value is -1.74. The molecule has 3 nitrogen and oxygen atoms in total. The van der Waals surface area contributed by atoms with E-state index in [9.17, 15) is 0 Å². The molecule has 2 N–H and O–H groups in total. The topological polar surface area (TPSA) is 48.1 Å². The van der Waals surface area contributed by atoms with E-state index in [0.29, 0.717) is 16.6 Å². The normalized spacial score (nSPS) is 10.1. The molecule has 0 aliphatic carbocycles. The van der Waals surface area contributed by atoms with Crippen LogP contribution in [0.5, 0.6) is 5.75 Å². The van der Waals surface area contributed by atoms with E-state index in [1.807, 2.05) is 24.3 Å². The smallest absolute Gasteiger partial charge is 0.137 e. The van der Waals surface area contributed by atoms with Gasteiger partial charge in [-0.3, -0.25) is 0 Å². The number of rotatable bonds is 2. The minimum Gasteiger partial charge on any atom is -0.495 e. The predicted molar refractivity (Wildman–Crippen MR) is 65.6 cm³/mol. The predicted octanol–water partition coefficient (Wildman–Crippen LogP) is 2.99. The Balaban J connectivity index is 2.41. The maximum Gasteiger partial charge on any atom is 0.137 e. The van der Waals surface area contributed by atoms with Crippen molar-refractivity contribution in [1.82, 2.24) is 4.98 Å². The van der Waals surface area contributed by atoms with Crippen LogP contribution in [0.2, 0.25) is 5.02 Å². The third-order valence-electron chi connectivity index (χ3n) is 2.27. The van der Waals surface area contributed by atoms with Crippen LogP contribution in [0.15, 0.2) is 36.5 Å². The lowest BCUT2D eigenvalue weighted by atomic mass is 10.1. The molecule has 0 aliphatic rings. The van der Waals surface area contributed by atoms with Crippen LogP contribution in [0.4, 0.5) is 5.82 Å². The average Bonchev–Trinajstić information content (AvgIpc) is 2.30. The number of benzene rings is 1. The van der Waals surface area contributed by atoms with Crippen molar-refractivity contribution in [2.24, 2.45) is 0 Å². The van der Waals surface area contributed by atoms with Gasteiger partial charge in [0.25, 0.3) is 0 Å². The van der Waals surface area contributed by atoms with E-state index in [1.54, 1.807) is 19.4 Å². The first kappa shape index (κ1) is 10.8. The maximum atomic E-state index is 6.04. The van der Waals surface area contributed by atoms with Gasteiger partial charge >= 0.3 is 0 Å². The molecule has 0 bridgehead atoms. The molecular formula is C12H11ClN2O. The van der Waals surface area contributed by atoms with E-state index in [4.69, 9.17) is 22.1 Å². The monoisotopic (exact) mass is 234 g/mol. The Morgan fingerprint density at radius 1 is 1.19 bits per heavy atom. The largest absolute Gasteiger partial charge is 0.495 e. The number of pyridine rings is 1. The van der Waals surface area contributed by atoms with Crippen LogP contribution >= 0.6 is 11.6 Å². The lowest BCUT2D eigenvalue weighted by Crippen LogP contribution is -1.89. The van der Waals surface area contributed by atoms with Crippen LogP contribution in [0, 0.1) is 0 Å². The Labute approximate surface area is 98.8 Å². The number of nitrogens with two attached hydrogens (primary N) is 1. The summed E-state index contributed by atoms with van der Waals surface area (Å²) < 4.78 is 5.09. The van der Waals surface area contributed by atoms with Crippen LogP contribution in [0.3, 0.4) is 0 Å². The molecule has 2 aromatic rings. The van der Waals surface area contributed by atoms with Crippen molar-refractivity contribution >= 4 is 17.4 Å². The molecule has 0 aliphatic heterocycles. The number of halogens is 1. The van der Waals surface area contributed by atoms with Gasteiger partial charge in [0.05, 0.1) is 12.1 Å². The number of anilines is 1. The number of ether oxygens (including phenoxy) is 1. The van der Waals surface area contributed by atoms with E-state index in [2.05, 4.69) is 4.98 Å². The summed E-state index contributed by atoms with van der Waals surface area (Å²) in [5.74, 6) is 1.16. The van der Waals surface area contributed by atoms with E-state index < -0.39 is 0 Å². The zero-order valence-corrected chi connectivity index (χ0v) is 9.53. The van der Waals surface area contributed by atoms with Crippen LogP contribution < -0.4 is 10.5 Å². The third-order valence-corrected chi connectivity index (χ3v) is 2.57. The van der Waals surface area contributed by atoms with Crippen molar-refractivity contribution in [3.8, 4) is 16.9 Å². The fourth-order valence-electron chi connectivity index (χ4n) is 1.42. The van der Waals surface area contributed by atoms with Crippen molar-refractivity contribution in [2.45, 2.75) is 0 Å². The number of nitrogen functional groups attached to an aromatic ring is 1. The lowest BCUT2D eigenvalue weighted by Gasteiger charge is -2.06. The van der Waals surface area contributed by atoms with Gasteiger partial charge in [0.15, 0.2) is 0 Å². The first-order valence-corrected chi connectivity index (χ1v) is 5.14. The molecule has 0 atom stereocenters. The Morgan fingerprint density at radius 2 is 1.94 bits per heavy atom. The minimum atomic E-state index is 0.503. The fourth-order valence-corrected chi connectivity index (χ4v) is 1.68. The summed E-state index contributed by atoms with van der Waals surface area (Å²) in [7, 11) is 1.59. The van der Waals surface area contributed by atoms with E-state index in [-0.39, 0.29) is 0 Å². The molecule has 0 unspecified atom stereocenters. The number of hydrogen-bond acceptors (Lipinski definition) is 3. The van der Waals surface area contributed by atoms with Crippen LogP contribution in [-0.2, 0) is 0 Å². The number of nitrogens with zero attached hydrogens (tertiary/aromatic N) is 1. The molecule has 16 heavy (non-hydrogen) atoms. The summed E-state index contributed by atoms with van der Waals surface area (Å²) in [4.78, 5) is 4.03. The molecule has 82 valence electrons. The quantitative estimate of drug-likeness (QED) is 0.869. The van der Waals surface area contributed by atoms with Gasteiger partial charge in [-0.2, -0.15) is 0 Å². The molecule has 1 aromatic carbocycles. The van der Waals surface area contributed by atoms with E-state index in [0.717, 1.165) is 11.1 Å². The molecule has 0 fully saturated rings. The average molecular weight is 235 g/mol. The molecule has 2 rings (SSSR count). The zero-order valence-electron chi connectivity index (χ0n) is 8.77. The second-order valence-corrected chi connectivity index (χ2v) is 3.73. The summed E-state index contributed by atoms with van der Waals surface area (Å²) in [6.45, 7) is 0. The fraction of sp³-hybridized carbons (Fsp3) is 0.0833. The highest BCUT2D eigenvalue weighted by atomic mass is 35.5. The number of hydrogen-bond donors (Lipinski definition) is 1. The second kappa shape index (κ2) is 4.41. The second-order valence-electron chi connectivity index (χ2n) is 3.32. The van der Waals surface area contributed by atoms with E-state index in [1.165, 1.54) is 0 Å².